The average molecular weight is 316 g/mol. The molecular formula is C18H24N2O3. The van der Waals surface area contributed by atoms with Crippen LogP contribution in [0.25, 0.3) is 0 Å². The highest BCUT2D eigenvalue weighted by atomic mass is 16.5. The van der Waals surface area contributed by atoms with Gasteiger partial charge in [-0.2, -0.15) is 0 Å². The van der Waals surface area contributed by atoms with E-state index < -0.39 is 5.97 Å². The minimum absolute atomic E-state index is 0.349. The number of hydrogen-bond donors (Lipinski definition) is 2. The van der Waals surface area contributed by atoms with Crippen molar-refractivity contribution in [1.29, 1.82) is 0 Å². The number of amides is 2. The van der Waals surface area contributed by atoms with E-state index in [9.17, 15) is 9.59 Å². The molecule has 0 saturated heterocycles. The van der Waals surface area contributed by atoms with Crippen LogP contribution >= 0.6 is 0 Å². The number of hydrogen-bond acceptors (Lipinski definition) is 3. The van der Waals surface area contributed by atoms with Crippen molar-refractivity contribution in [1.82, 2.24) is 5.32 Å². The molecule has 0 unspecified atom stereocenters. The van der Waals surface area contributed by atoms with E-state index in [1.54, 1.807) is 30.5 Å². The minimum Gasteiger partial charge on any atom is -0.462 e. The zero-order valence-electron chi connectivity index (χ0n) is 13.6. The van der Waals surface area contributed by atoms with Crippen molar-refractivity contribution in [3.63, 3.8) is 0 Å². The fraction of sp³-hybridized carbons (Fsp3) is 0.444. The average Bonchev–Trinajstić information content (AvgIpc) is 3.07. The van der Waals surface area contributed by atoms with Crippen molar-refractivity contribution in [2.45, 2.75) is 45.4 Å². The van der Waals surface area contributed by atoms with Gasteiger partial charge in [0.15, 0.2) is 0 Å². The van der Waals surface area contributed by atoms with Gasteiger partial charge in [-0.15, -0.1) is 0 Å². The van der Waals surface area contributed by atoms with E-state index >= 15 is 0 Å². The van der Waals surface area contributed by atoms with Crippen molar-refractivity contribution in [3.8, 4) is 0 Å². The molecule has 0 aliphatic heterocycles. The molecule has 1 aromatic carbocycles. The molecule has 0 aromatic heterocycles. The summed E-state index contributed by atoms with van der Waals surface area (Å²) in [7, 11) is 0. The monoisotopic (exact) mass is 316 g/mol. The van der Waals surface area contributed by atoms with Gasteiger partial charge in [-0.25, -0.2) is 9.59 Å². The van der Waals surface area contributed by atoms with Gasteiger partial charge in [-0.3, -0.25) is 0 Å². The quantitative estimate of drug-likeness (QED) is 0.610. The van der Waals surface area contributed by atoms with E-state index in [0.29, 0.717) is 17.9 Å². The maximum absolute atomic E-state index is 12.1. The summed E-state index contributed by atoms with van der Waals surface area (Å²) in [4.78, 5) is 24.1. The van der Waals surface area contributed by atoms with Crippen molar-refractivity contribution in [2.24, 2.45) is 0 Å². The second kappa shape index (κ2) is 8.98. The number of nitrogens with one attached hydrogen (secondary N) is 2. The fourth-order valence-corrected chi connectivity index (χ4v) is 2.46. The molecule has 0 radical (unpaired) electrons. The second-order valence-electron chi connectivity index (χ2n) is 5.64. The first-order valence-corrected chi connectivity index (χ1v) is 8.22. The normalized spacial score (nSPS) is 13.5. The first-order valence-electron chi connectivity index (χ1n) is 8.22. The Bertz CT molecular complexity index is 573. The van der Waals surface area contributed by atoms with Crippen LogP contribution in [0.2, 0.25) is 0 Å². The molecule has 2 amide bonds. The van der Waals surface area contributed by atoms with Gasteiger partial charge in [0.2, 0.25) is 0 Å². The number of para-hydroxylation sites is 1. The molecule has 2 N–H and O–H groups in total. The summed E-state index contributed by atoms with van der Waals surface area (Å²) in [5, 5.41) is 5.44. The molecule has 0 spiro atoms. The molecule has 2 rings (SSSR count). The third-order valence-corrected chi connectivity index (χ3v) is 3.78. The van der Waals surface area contributed by atoms with Gasteiger partial charge < -0.3 is 15.4 Å². The predicted molar refractivity (Wildman–Crippen MR) is 90.3 cm³/mol. The van der Waals surface area contributed by atoms with Crippen LogP contribution in [-0.2, 0) is 4.74 Å². The zero-order chi connectivity index (χ0) is 16.5. The number of benzene rings is 1. The molecule has 124 valence electrons. The van der Waals surface area contributed by atoms with Gasteiger partial charge in [0.25, 0.3) is 0 Å². The number of carbonyl (C=O) groups is 2. The van der Waals surface area contributed by atoms with Gasteiger partial charge in [0.05, 0.1) is 17.9 Å². The highest BCUT2D eigenvalue weighted by molar-refractivity contribution is 6.01. The van der Waals surface area contributed by atoms with Gasteiger partial charge in [0.1, 0.15) is 0 Å². The van der Waals surface area contributed by atoms with Crippen LogP contribution in [-0.4, -0.2) is 18.6 Å². The summed E-state index contributed by atoms with van der Waals surface area (Å²) in [5.74, 6) is -0.413. The molecular weight excluding hydrogens is 292 g/mol. The van der Waals surface area contributed by atoms with E-state index in [0.717, 1.165) is 25.7 Å². The molecule has 5 nitrogen and oxygen atoms in total. The fourth-order valence-electron chi connectivity index (χ4n) is 2.46. The Hall–Kier alpha value is -2.30. The third kappa shape index (κ3) is 5.43. The van der Waals surface area contributed by atoms with E-state index in [1.165, 1.54) is 18.4 Å². The van der Waals surface area contributed by atoms with Gasteiger partial charge in [-0.05, 0) is 44.2 Å². The van der Waals surface area contributed by atoms with Crippen LogP contribution in [0, 0.1) is 0 Å². The van der Waals surface area contributed by atoms with Gasteiger partial charge >= 0.3 is 12.0 Å². The molecule has 1 saturated carbocycles. The lowest BCUT2D eigenvalue weighted by molar-refractivity contribution is 0.0501. The van der Waals surface area contributed by atoms with Gasteiger partial charge in [-0.1, -0.05) is 31.1 Å². The number of ether oxygens (including phenoxy) is 1. The maximum atomic E-state index is 12.1. The molecule has 1 aliphatic rings. The molecule has 1 aliphatic carbocycles. The number of carbonyl (C=O) groups excluding carboxylic acids is 2. The van der Waals surface area contributed by atoms with Crippen LogP contribution < -0.4 is 10.6 Å². The molecule has 0 atom stereocenters. The molecule has 0 bridgehead atoms. The maximum Gasteiger partial charge on any atom is 0.340 e. The first kappa shape index (κ1) is 17.1. The smallest absolute Gasteiger partial charge is 0.340 e. The van der Waals surface area contributed by atoms with Crippen LogP contribution in [0.15, 0.2) is 36.0 Å². The van der Waals surface area contributed by atoms with Crippen molar-refractivity contribution in [3.05, 3.63) is 41.6 Å². The highest BCUT2D eigenvalue weighted by Crippen LogP contribution is 2.22. The van der Waals surface area contributed by atoms with Crippen LogP contribution in [0.1, 0.15) is 55.8 Å². The number of anilines is 1. The zero-order valence-corrected chi connectivity index (χ0v) is 13.6. The Morgan fingerprint density at radius 1 is 1.22 bits per heavy atom. The Kier molecular flexibility index (Phi) is 6.66. The second-order valence-corrected chi connectivity index (χ2v) is 5.64. The Labute approximate surface area is 137 Å². The van der Waals surface area contributed by atoms with E-state index in [1.807, 2.05) is 6.92 Å². The Morgan fingerprint density at radius 3 is 2.70 bits per heavy atom. The Morgan fingerprint density at radius 2 is 1.96 bits per heavy atom. The first-order chi connectivity index (χ1) is 11.2. The summed E-state index contributed by atoms with van der Waals surface area (Å²) in [6, 6.07) is 6.52. The van der Waals surface area contributed by atoms with E-state index in [4.69, 9.17) is 4.74 Å². The number of rotatable bonds is 6. The van der Waals surface area contributed by atoms with Crippen LogP contribution in [0.5, 0.6) is 0 Å². The number of unbranched alkanes of at least 4 members (excludes halogenated alkanes) is 1. The highest BCUT2D eigenvalue weighted by Gasteiger charge is 2.14. The largest absolute Gasteiger partial charge is 0.462 e. The molecule has 23 heavy (non-hydrogen) atoms. The lowest BCUT2D eigenvalue weighted by atomic mass is 10.2. The summed E-state index contributed by atoms with van der Waals surface area (Å²) in [6.07, 6.45) is 8.01. The van der Waals surface area contributed by atoms with Crippen LogP contribution in [0.4, 0.5) is 10.5 Å². The topological polar surface area (TPSA) is 67.4 Å². The summed E-state index contributed by atoms with van der Waals surface area (Å²) in [5.41, 5.74) is 2.08. The molecule has 5 heteroatoms. The SMILES string of the molecule is CCCCOC(=O)c1ccccc1NC(=O)NC=C1CCCC1. The lowest BCUT2D eigenvalue weighted by Crippen LogP contribution is -2.25. The molecule has 0 heterocycles. The number of esters is 1. The van der Waals surface area contributed by atoms with E-state index in [2.05, 4.69) is 10.6 Å². The van der Waals surface area contributed by atoms with Crippen LogP contribution in [0.3, 0.4) is 0 Å². The Balaban J connectivity index is 1.94. The standard InChI is InChI=1S/C18H24N2O3/c1-2-3-12-23-17(21)15-10-6-7-11-16(15)20-18(22)19-13-14-8-4-5-9-14/h6-7,10-11,13H,2-5,8-9,12H2,1H3,(H2,19,20,22). The number of allylic oxidation sites excluding steroid dienone is 1. The van der Waals surface area contributed by atoms with Crippen molar-refractivity contribution < 1.29 is 14.3 Å². The minimum atomic E-state index is -0.413. The number of urea groups is 1. The predicted octanol–water partition coefficient (Wildman–Crippen LogP) is 4.22. The molecule has 1 aromatic rings. The molecule has 1 fully saturated rings. The van der Waals surface area contributed by atoms with Crippen molar-refractivity contribution >= 4 is 17.7 Å². The third-order valence-electron chi connectivity index (χ3n) is 3.78. The van der Waals surface area contributed by atoms with E-state index in [-0.39, 0.29) is 6.03 Å². The van der Waals surface area contributed by atoms with Crippen molar-refractivity contribution in [2.75, 3.05) is 11.9 Å². The lowest BCUT2D eigenvalue weighted by Gasteiger charge is -2.11. The summed E-state index contributed by atoms with van der Waals surface area (Å²) < 4.78 is 5.21. The van der Waals surface area contributed by atoms with Gasteiger partial charge in [0, 0.05) is 6.20 Å². The summed E-state index contributed by atoms with van der Waals surface area (Å²) >= 11 is 0. The summed E-state index contributed by atoms with van der Waals surface area (Å²) in [6.45, 7) is 2.43.